The van der Waals surface area contributed by atoms with Crippen LogP contribution in [0.5, 0.6) is 5.75 Å². The van der Waals surface area contributed by atoms with Gasteiger partial charge in [0.25, 0.3) is 0 Å². The number of aryl methyl sites for hydroxylation is 1. The third-order valence-corrected chi connectivity index (χ3v) is 7.56. The molecule has 1 heterocycles. The quantitative estimate of drug-likeness (QED) is 0.744. The minimum atomic E-state index is -3.52. The van der Waals surface area contributed by atoms with Gasteiger partial charge in [0.05, 0.1) is 12.0 Å². The van der Waals surface area contributed by atoms with Gasteiger partial charge in [0.15, 0.2) is 0 Å². The van der Waals surface area contributed by atoms with Crippen LogP contribution < -0.4 is 4.74 Å². The monoisotopic (exact) mass is 402 g/mol. The molecule has 2 aromatic rings. The Morgan fingerprint density at radius 1 is 1.04 bits per heavy atom. The Kier molecular flexibility index (Phi) is 6.43. The summed E-state index contributed by atoms with van der Waals surface area (Å²) in [6, 6.07) is 15.9. The lowest BCUT2D eigenvalue weighted by molar-refractivity contribution is 0.0783. The maximum Gasteiger partial charge on any atom is 0.243 e. The topological polar surface area (TPSA) is 49.9 Å². The summed E-state index contributed by atoms with van der Waals surface area (Å²) in [4.78, 5) is 2.78. The third kappa shape index (κ3) is 4.40. The summed E-state index contributed by atoms with van der Waals surface area (Å²) in [6.45, 7) is 7.99. The first-order valence-electron chi connectivity index (χ1n) is 9.77. The van der Waals surface area contributed by atoms with E-state index < -0.39 is 10.0 Å². The van der Waals surface area contributed by atoms with Gasteiger partial charge in [-0.1, -0.05) is 30.3 Å². The predicted octanol–water partition coefficient (Wildman–Crippen LogP) is 3.33. The van der Waals surface area contributed by atoms with Crippen molar-refractivity contribution < 1.29 is 13.2 Å². The minimum Gasteiger partial charge on any atom is -0.497 e. The van der Waals surface area contributed by atoms with Crippen molar-refractivity contribution in [3.63, 3.8) is 0 Å². The van der Waals surface area contributed by atoms with Gasteiger partial charge in [-0.15, -0.1) is 0 Å². The summed E-state index contributed by atoms with van der Waals surface area (Å²) >= 11 is 0. The molecule has 3 rings (SSSR count). The summed E-state index contributed by atoms with van der Waals surface area (Å²) in [6.07, 6.45) is 0.972. The van der Waals surface area contributed by atoms with E-state index in [1.54, 1.807) is 29.6 Å². The molecule has 0 amide bonds. The van der Waals surface area contributed by atoms with E-state index in [4.69, 9.17) is 4.74 Å². The number of hydrogen-bond acceptors (Lipinski definition) is 4. The van der Waals surface area contributed by atoms with E-state index in [9.17, 15) is 8.42 Å². The highest BCUT2D eigenvalue weighted by molar-refractivity contribution is 7.89. The Labute approximate surface area is 169 Å². The number of ether oxygens (including phenoxy) is 1. The molecule has 0 spiro atoms. The molecule has 1 saturated heterocycles. The smallest absolute Gasteiger partial charge is 0.243 e. The number of nitrogens with zero attached hydrogens (tertiary/aromatic N) is 2. The zero-order chi connectivity index (χ0) is 20.3. The first-order valence-corrected chi connectivity index (χ1v) is 11.2. The molecule has 2 aromatic carbocycles. The molecule has 5 nitrogen and oxygen atoms in total. The first kappa shape index (κ1) is 20.8. The molecule has 152 valence electrons. The van der Waals surface area contributed by atoms with Crippen molar-refractivity contribution in [1.82, 2.24) is 9.21 Å². The lowest BCUT2D eigenvalue weighted by Crippen LogP contribution is -2.58. The Bertz CT molecular complexity index is 887. The van der Waals surface area contributed by atoms with Crippen molar-refractivity contribution in [3.05, 3.63) is 59.7 Å². The summed E-state index contributed by atoms with van der Waals surface area (Å²) in [5.41, 5.74) is 2.02. The van der Waals surface area contributed by atoms with E-state index in [1.807, 2.05) is 13.0 Å². The van der Waals surface area contributed by atoms with E-state index in [2.05, 4.69) is 43.0 Å². The number of hydrogen-bond donors (Lipinski definition) is 0. The second-order valence-corrected chi connectivity index (χ2v) is 9.53. The van der Waals surface area contributed by atoms with Crippen LogP contribution in [0.4, 0.5) is 0 Å². The molecule has 0 aliphatic carbocycles. The van der Waals surface area contributed by atoms with Gasteiger partial charge < -0.3 is 4.74 Å². The van der Waals surface area contributed by atoms with E-state index >= 15 is 0 Å². The van der Waals surface area contributed by atoms with E-state index in [-0.39, 0.29) is 12.1 Å². The first-order chi connectivity index (χ1) is 13.3. The average Bonchev–Trinajstić information content (AvgIpc) is 2.67. The zero-order valence-corrected chi connectivity index (χ0v) is 17.9. The zero-order valence-electron chi connectivity index (χ0n) is 17.1. The van der Waals surface area contributed by atoms with Gasteiger partial charge in [0, 0.05) is 31.7 Å². The van der Waals surface area contributed by atoms with Crippen LogP contribution in [0.1, 0.15) is 25.0 Å². The number of methoxy groups -OCH3 is 1. The van der Waals surface area contributed by atoms with Crippen LogP contribution in [0, 0.1) is 6.92 Å². The molecule has 0 saturated carbocycles. The van der Waals surface area contributed by atoms with Crippen molar-refractivity contribution >= 4 is 10.0 Å². The minimum absolute atomic E-state index is 0.167. The fourth-order valence-electron chi connectivity index (χ4n) is 4.03. The van der Waals surface area contributed by atoms with Crippen LogP contribution in [-0.2, 0) is 16.4 Å². The standard InChI is InChI=1S/C22H30N2O3S/c1-17-14-21(27-4)10-11-22(17)28(25,26)23-15-18(2)24(19(3)16-23)13-12-20-8-6-5-7-9-20/h5-11,14,18-19H,12-13,15-16H2,1-4H3. The Morgan fingerprint density at radius 3 is 2.25 bits per heavy atom. The van der Waals surface area contributed by atoms with E-state index in [0.29, 0.717) is 29.3 Å². The van der Waals surface area contributed by atoms with Crippen LogP contribution in [0.3, 0.4) is 0 Å². The highest BCUT2D eigenvalue weighted by atomic mass is 32.2. The molecule has 28 heavy (non-hydrogen) atoms. The lowest BCUT2D eigenvalue weighted by Gasteiger charge is -2.44. The second kappa shape index (κ2) is 8.64. The van der Waals surface area contributed by atoms with Crippen molar-refractivity contribution in [3.8, 4) is 5.75 Å². The van der Waals surface area contributed by atoms with Gasteiger partial charge in [-0.2, -0.15) is 4.31 Å². The van der Waals surface area contributed by atoms with E-state index in [1.165, 1.54) is 5.56 Å². The van der Waals surface area contributed by atoms with Crippen molar-refractivity contribution in [2.75, 3.05) is 26.7 Å². The average molecular weight is 403 g/mol. The van der Waals surface area contributed by atoms with Crippen LogP contribution in [0.2, 0.25) is 0 Å². The molecular formula is C22H30N2O3S. The molecular weight excluding hydrogens is 372 g/mol. The number of benzene rings is 2. The van der Waals surface area contributed by atoms with Gasteiger partial charge in [-0.05, 0) is 56.5 Å². The number of piperazine rings is 1. The molecule has 1 aliphatic rings. The van der Waals surface area contributed by atoms with Crippen LogP contribution in [0.15, 0.2) is 53.4 Å². The molecule has 1 aliphatic heterocycles. The Morgan fingerprint density at radius 2 is 1.68 bits per heavy atom. The number of sulfonamides is 1. The van der Waals surface area contributed by atoms with Gasteiger partial charge in [-0.25, -0.2) is 8.42 Å². The fourth-order valence-corrected chi connectivity index (χ4v) is 5.83. The van der Waals surface area contributed by atoms with Crippen molar-refractivity contribution in [1.29, 1.82) is 0 Å². The van der Waals surface area contributed by atoms with Gasteiger partial charge in [0.1, 0.15) is 5.75 Å². The molecule has 1 fully saturated rings. The molecule has 0 aromatic heterocycles. The maximum absolute atomic E-state index is 13.3. The summed E-state index contributed by atoms with van der Waals surface area (Å²) in [5.74, 6) is 0.670. The van der Waals surface area contributed by atoms with Crippen molar-refractivity contribution in [2.24, 2.45) is 0 Å². The van der Waals surface area contributed by atoms with Gasteiger partial charge in [-0.3, -0.25) is 4.90 Å². The lowest BCUT2D eigenvalue weighted by atomic mass is 10.1. The van der Waals surface area contributed by atoms with Gasteiger partial charge >= 0.3 is 0 Å². The number of rotatable bonds is 6. The SMILES string of the molecule is COc1ccc(S(=O)(=O)N2CC(C)N(CCc3ccccc3)C(C)C2)c(C)c1. The van der Waals surface area contributed by atoms with Crippen LogP contribution in [-0.4, -0.2) is 56.5 Å². The fraction of sp³-hybridized carbons (Fsp3) is 0.455. The molecule has 2 unspecified atom stereocenters. The maximum atomic E-state index is 13.3. The normalized spacial score (nSPS) is 21.6. The molecule has 0 bridgehead atoms. The molecule has 2 atom stereocenters. The summed E-state index contributed by atoms with van der Waals surface area (Å²) in [7, 11) is -1.94. The molecule has 0 N–H and O–H groups in total. The summed E-state index contributed by atoms with van der Waals surface area (Å²) < 4.78 is 33.3. The third-order valence-electron chi connectivity index (χ3n) is 5.57. The summed E-state index contributed by atoms with van der Waals surface area (Å²) in [5, 5.41) is 0. The highest BCUT2D eigenvalue weighted by Gasteiger charge is 2.36. The second-order valence-electron chi connectivity index (χ2n) is 7.62. The predicted molar refractivity (Wildman–Crippen MR) is 112 cm³/mol. The Balaban J connectivity index is 1.72. The largest absolute Gasteiger partial charge is 0.497 e. The van der Waals surface area contributed by atoms with Crippen LogP contribution in [0.25, 0.3) is 0 Å². The molecule has 0 radical (unpaired) electrons. The Hall–Kier alpha value is -1.89. The van der Waals surface area contributed by atoms with Gasteiger partial charge in [0.2, 0.25) is 10.0 Å². The van der Waals surface area contributed by atoms with Crippen LogP contribution >= 0.6 is 0 Å². The molecule has 6 heteroatoms. The highest BCUT2D eigenvalue weighted by Crippen LogP contribution is 2.27. The van der Waals surface area contributed by atoms with E-state index in [0.717, 1.165) is 13.0 Å². The van der Waals surface area contributed by atoms with Crippen molar-refractivity contribution in [2.45, 2.75) is 44.2 Å².